The van der Waals surface area contributed by atoms with E-state index in [2.05, 4.69) is 13.8 Å². The fourth-order valence-corrected chi connectivity index (χ4v) is 1.84. The topological polar surface area (TPSA) is 0 Å². The van der Waals surface area contributed by atoms with Crippen molar-refractivity contribution < 1.29 is 0 Å². The maximum absolute atomic E-state index is 2.40. The molecule has 0 N–H and O–H groups in total. The maximum Gasteiger partial charge on any atom is -0.0443 e. The summed E-state index contributed by atoms with van der Waals surface area (Å²) < 4.78 is 0. The molecule has 0 aromatic heterocycles. The van der Waals surface area contributed by atoms with Gasteiger partial charge >= 0.3 is 0 Å². The van der Waals surface area contributed by atoms with Gasteiger partial charge in [-0.2, -0.15) is 0 Å². The third-order valence-electron chi connectivity index (χ3n) is 2.80. The van der Waals surface area contributed by atoms with Crippen LogP contribution in [0.3, 0.4) is 0 Å². The number of hydrogen-bond acceptors (Lipinski definition) is 0. The normalized spacial score (nSPS) is 36.6. The first-order chi connectivity index (χ1) is 4.79. The van der Waals surface area contributed by atoms with Gasteiger partial charge in [-0.1, -0.05) is 52.4 Å². The molecule has 0 heterocycles. The molecule has 10 heavy (non-hydrogen) atoms. The predicted octanol–water partition coefficient (Wildman–Crippen LogP) is 3.61. The standard InChI is InChI=1S/C10H20/c1-9-5-3-4-6-10(2)8-7-9/h9-10H,3-8H2,1-2H3. The molecule has 0 amide bonds. The van der Waals surface area contributed by atoms with E-state index in [0.29, 0.717) is 0 Å². The number of rotatable bonds is 0. The van der Waals surface area contributed by atoms with E-state index >= 15 is 0 Å². The smallest absolute Gasteiger partial charge is 0.0443 e. The molecule has 0 saturated heterocycles. The third kappa shape index (κ3) is 2.72. The highest BCUT2D eigenvalue weighted by molar-refractivity contribution is 4.63. The molecular formula is C10H20. The molecule has 0 radical (unpaired) electrons. The maximum atomic E-state index is 2.40. The molecule has 1 saturated carbocycles. The molecule has 1 aliphatic rings. The summed E-state index contributed by atoms with van der Waals surface area (Å²) in [5, 5.41) is 0. The summed E-state index contributed by atoms with van der Waals surface area (Å²) in [7, 11) is 0. The Morgan fingerprint density at radius 2 is 1.10 bits per heavy atom. The van der Waals surface area contributed by atoms with Crippen LogP contribution in [0, 0.1) is 11.8 Å². The molecule has 0 bridgehead atoms. The molecule has 0 nitrogen and oxygen atoms in total. The van der Waals surface area contributed by atoms with E-state index in [-0.39, 0.29) is 0 Å². The molecule has 0 aromatic rings. The lowest BCUT2D eigenvalue weighted by molar-refractivity contribution is 0.342. The first kappa shape index (κ1) is 8.10. The van der Waals surface area contributed by atoms with Crippen LogP contribution in [0.1, 0.15) is 52.4 Å². The summed E-state index contributed by atoms with van der Waals surface area (Å²) in [4.78, 5) is 0. The van der Waals surface area contributed by atoms with Crippen LogP contribution in [-0.2, 0) is 0 Å². The van der Waals surface area contributed by atoms with Crippen LogP contribution in [-0.4, -0.2) is 0 Å². The molecule has 2 atom stereocenters. The van der Waals surface area contributed by atoms with Crippen LogP contribution in [0.15, 0.2) is 0 Å². The SMILES string of the molecule is CC1CCCCC(C)CC1. The Bertz CT molecular complexity index is 74.0. The molecule has 0 aliphatic heterocycles. The van der Waals surface area contributed by atoms with Crippen LogP contribution in [0.4, 0.5) is 0 Å². The van der Waals surface area contributed by atoms with Gasteiger partial charge < -0.3 is 0 Å². The van der Waals surface area contributed by atoms with Gasteiger partial charge in [-0.3, -0.25) is 0 Å². The Hall–Kier alpha value is 0. The Morgan fingerprint density at radius 3 is 1.50 bits per heavy atom. The van der Waals surface area contributed by atoms with Crippen LogP contribution >= 0.6 is 0 Å². The van der Waals surface area contributed by atoms with Gasteiger partial charge in [-0.05, 0) is 11.8 Å². The molecule has 0 aromatic carbocycles. The molecule has 1 aliphatic carbocycles. The van der Waals surface area contributed by atoms with E-state index in [4.69, 9.17) is 0 Å². The summed E-state index contributed by atoms with van der Waals surface area (Å²) in [5.41, 5.74) is 0. The Balaban J connectivity index is 2.23. The van der Waals surface area contributed by atoms with Crippen molar-refractivity contribution in [3.8, 4) is 0 Å². The minimum Gasteiger partial charge on any atom is -0.0625 e. The first-order valence-electron chi connectivity index (χ1n) is 4.79. The summed E-state index contributed by atoms with van der Waals surface area (Å²) >= 11 is 0. The van der Waals surface area contributed by atoms with Gasteiger partial charge in [-0.15, -0.1) is 0 Å². The highest BCUT2D eigenvalue weighted by Crippen LogP contribution is 2.24. The zero-order valence-electron chi connectivity index (χ0n) is 7.40. The zero-order valence-corrected chi connectivity index (χ0v) is 7.40. The fourth-order valence-electron chi connectivity index (χ4n) is 1.84. The average Bonchev–Trinajstić information content (AvgIpc) is 1.90. The zero-order chi connectivity index (χ0) is 7.40. The van der Waals surface area contributed by atoms with Crippen LogP contribution < -0.4 is 0 Å². The van der Waals surface area contributed by atoms with Gasteiger partial charge in [0.25, 0.3) is 0 Å². The quantitative estimate of drug-likeness (QED) is 0.482. The van der Waals surface area contributed by atoms with Gasteiger partial charge in [0.1, 0.15) is 0 Å². The van der Waals surface area contributed by atoms with Crippen molar-refractivity contribution >= 4 is 0 Å². The van der Waals surface area contributed by atoms with Crippen molar-refractivity contribution in [2.24, 2.45) is 11.8 Å². The summed E-state index contributed by atoms with van der Waals surface area (Å²) in [6, 6.07) is 0. The van der Waals surface area contributed by atoms with E-state index in [1.165, 1.54) is 38.5 Å². The summed E-state index contributed by atoms with van der Waals surface area (Å²) in [6.45, 7) is 4.80. The van der Waals surface area contributed by atoms with Crippen molar-refractivity contribution in [1.82, 2.24) is 0 Å². The molecule has 1 fully saturated rings. The van der Waals surface area contributed by atoms with Gasteiger partial charge in [0.2, 0.25) is 0 Å². The average molecular weight is 140 g/mol. The number of hydrogen-bond donors (Lipinski definition) is 0. The van der Waals surface area contributed by atoms with E-state index in [1.54, 1.807) is 0 Å². The van der Waals surface area contributed by atoms with Crippen LogP contribution in [0.25, 0.3) is 0 Å². The highest BCUT2D eigenvalue weighted by atomic mass is 14.2. The Morgan fingerprint density at radius 1 is 0.700 bits per heavy atom. The van der Waals surface area contributed by atoms with E-state index < -0.39 is 0 Å². The highest BCUT2D eigenvalue weighted by Gasteiger charge is 2.10. The molecule has 0 heteroatoms. The lowest BCUT2D eigenvalue weighted by atomic mass is 9.87. The molecule has 60 valence electrons. The predicted molar refractivity (Wildman–Crippen MR) is 46.0 cm³/mol. The Labute approximate surface area is 65.0 Å². The van der Waals surface area contributed by atoms with Crippen molar-refractivity contribution in [3.63, 3.8) is 0 Å². The second-order valence-corrected chi connectivity index (χ2v) is 4.07. The van der Waals surface area contributed by atoms with Crippen LogP contribution in [0.2, 0.25) is 0 Å². The minimum atomic E-state index is 1.00. The van der Waals surface area contributed by atoms with E-state index in [9.17, 15) is 0 Å². The largest absolute Gasteiger partial charge is 0.0625 e. The molecule has 1 rings (SSSR count). The molecule has 0 spiro atoms. The molecular weight excluding hydrogens is 120 g/mol. The summed E-state index contributed by atoms with van der Waals surface area (Å²) in [6.07, 6.45) is 8.86. The monoisotopic (exact) mass is 140 g/mol. The summed E-state index contributed by atoms with van der Waals surface area (Å²) in [5.74, 6) is 2.01. The lowest BCUT2D eigenvalue weighted by Crippen LogP contribution is -2.04. The third-order valence-corrected chi connectivity index (χ3v) is 2.80. The van der Waals surface area contributed by atoms with Gasteiger partial charge in [0.15, 0.2) is 0 Å². The van der Waals surface area contributed by atoms with E-state index in [0.717, 1.165) is 11.8 Å². The van der Waals surface area contributed by atoms with E-state index in [1.807, 2.05) is 0 Å². The second kappa shape index (κ2) is 4.00. The second-order valence-electron chi connectivity index (χ2n) is 4.07. The van der Waals surface area contributed by atoms with Gasteiger partial charge in [0, 0.05) is 0 Å². The first-order valence-corrected chi connectivity index (χ1v) is 4.79. The van der Waals surface area contributed by atoms with Crippen molar-refractivity contribution in [3.05, 3.63) is 0 Å². The lowest BCUT2D eigenvalue weighted by Gasteiger charge is -2.19. The van der Waals surface area contributed by atoms with Gasteiger partial charge in [-0.25, -0.2) is 0 Å². The minimum absolute atomic E-state index is 1.00. The van der Waals surface area contributed by atoms with Crippen molar-refractivity contribution in [1.29, 1.82) is 0 Å². The Kier molecular flexibility index (Phi) is 3.24. The van der Waals surface area contributed by atoms with Gasteiger partial charge in [0.05, 0.1) is 0 Å². The molecule has 2 unspecified atom stereocenters. The fraction of sp³-hybridized carbons (Fsp3) is 1.00. The van der Waals surface area contributed by atoms with Crippen LogP contribution in [0.5, 0.6) is 0 Å². The van der Waals surface area contributed by atoms with Crippen molar-refractivity contribution in [2.45, 2.75) is 52.4 Å². The van der Waals surface area contributed by atoms with Crippen molar-refractivity contribution in [2.75, 3.05) is 0 Å².